The second-order valence-corrected chi connectivity index (χ2v) is 5.30. The fraction of sp³-hybridized carbons (Fsp3) is 0.667. The Morgan fingerprint density at radius 2 is 2.07 bits per heavy atom. The lowest BCUT2D eigenvalue weighted by Crippen LogP contribution is -2.25. The molecule has 0 aliphatic carbocycles. The van der Waals surface area contributed by atoms with Gasteiger partial charge in [-0.15, -0.1) is 0 Å². The molecule has 0 saturated carbocycles. The molecule has 0 aromatic carbocycles. The molecule has 0 saturated heterocycles. The van der Waals surface area contributed by atoms with Crippen molar-refractivity contribution in [3.05, 3.63) is 23.2 Å². The summed E-state index contributed by atoms with van der Waals surface area (Å²) in [7, 11) is 2.16. The van der Waals surface area contributed by atoms with Crippen LogP contribution in [0.15, 0.2) is 10.5 Å². The summed E-state index contributed by atoms with van der Waals surface area (Å²) in [6, 6.07) is 2.23. The molecule has 0 radical (unpaired) electrons. The van der Waals surface area contributed by atoms with E-state index in [4.69, 9.17) is 4.42 Å². The van der Waals surface area contributed by atoms with Crippen molar-refractivity contribution < 1.29 is 4.42 Å². The van der Waals surface area contributed by atoms with Gasteiger partial charge in [-0.05, 0) is 13.1 Å². The third-order valence-electron chi connectivity index (χ3n) is 2.80. The average molecular weight is 193 g/mol. The first-order valence-corrected chi connectivity index (χ1v) is 5.27. The Hall–Kier alpha value is -0.760. The van der Waals surface area contributed by atoms with Crippen LogP contribution in [0.1, 0.15) is 37.9 Å². The third kappa shape index (κ3) is 1.71. The Morgan fingerprint density at radius 1 is 1.36 bits per heavy atom. The molecule has 2 rings (SSSR count). The molecule has 0 unspecified atom stereocenters. The first-order valence-electron chi connectivity index (χ1n) is 5.27. The minimum absolute atomic E-state index is 0.135. The lowest BCUT2D eigenvalue weighted by Gasteiger charge is -2.20. The van der Waals surface area contributed by atoms with Crippen LogP contribution in [0.3, 0.4) is 0 Å². The first-order chi connectivity index (χ1) is 6.47. The Bertz CT molecular complexity index is 333. The Balaban J connectivity index is 2.32. The highest BCUT2D eigenvalue weighted by molar-refractivity contribution is 5.27. The van der Waals surface area contributed by atoms with E-state index in [1.165, 1.54) is 11.3 Å². The van der Waals surface area contributed by atoms with Crippen LogP contribution in [-0.2, 0) is 18.4 Å². The summed E-state index contributed by atoms with van der Waals surface area (Å²) in [5.41, 5.74) is 1.51. The molecule has 0 spiro atoms. The van der Waals surface area contributed by atoms with E-state index in [0.717, 1.165) is 25.3 Å². The van der Waals surface area contributed by atoms with E-state index in [-0.39, 0.29) is 5.41 Å². The largest absolute Gasteiger partial charge is 0.465 e. The van der Waals surface area contributed by atoms with Crippen LogP contribution in [0.25, 0.3) is 0 Å². The van der Waals surface area contributed by atoms with Crippen molar-refractivity contribution in [2.45, 2.75) is 39.2 Å². The standard InChI is InChI=1S/C12H19NO/c1-12(2,3)11-7-9-8-13(4)6-5-10(9)14-11/h7H,5-6,8H2,1-4H3. The summed E-state index contributed by atoms with van der Waals surface area (Å²) in [6.45, 7) is 8.74. The smallest absolute Gasteiger partial charge is 0.109 e. The van der Waals surface area contributed by atoms with Crippen molar-refractivity contribution in [3.63, 3.8) is 0 Å². The van der Waals surface area contributed by atoms with Crippen molar-refractivity contribution >= 4 is 0 Å². The van der Waals surface area contributed by atoms with Crippen LogP contribution in [0.5, 0.6) is 0 Å². The van der Waals surface area contributed by atoms with E-state index in [1.807, 2.05) is 0 Å². The van der Waals surface area contributed by atoms with E-state index in [0.29, 0.717) is 0 Å². The van der Waals surface area contributed by atoms with Gasteiger partial charge in [-0.1, -0.05) is 20.8 Å². The number of rotatable bonds is 0. The monoisotopic (exact) mass is 193 g/mol. The van der Waals surface area contributed by atoms with Crippen LogP contribution >= 0.6 is 0 Å². The highest BCUT2D eigenvalue weighted by Gasteiger charge is 2.24. The predicted molar refractivity (Wildman–Crippen MR) is 57.4 cm³/mol. The van der Waals surface area contributed by atoms with E-state index in [9.17, 15) is 0 Å². The fourth-order valence-electron chi connectivity index (χ4n) is 1.84. The topological polar surface area (TPSA) is 16.4 Å². The van der Waals surface area contributed by atoms with Gasteiger partial charge in [0.1, 0.15) is 11.5 Å². The molecule has 1 aliphatic heterocycles. The van der Waals surface area contributed by atoms with Crippen molar-refractivity contribution in [2.75, 3.05) is 13.6 Å². The summed E-state index contributed by atoms with van der Waals surface area (Å²) >= 11 is 0. The maximum Gasteiger partial charge on any atom is 0.109 e. The van der Waals surface area contributed by atoms with Gasteiger partial charge in [-0.2, -0.15) is 0 Å². The minimum Gasteiger partial charge on any atom is -0.465 e. The van der Waals surface area contributed by atoms with Crippen molar-refractivity contribution in [1.29, 1.82) is 0 Å². The average Bonchev–Trinajstić information content (AvgIpc) is 2.45. The van der Waals surface area contributed by atoms with Gasteiger partial charge < -0.3 is 9.32 Å². The fourth-order valence-corrected chi connectivity index (χ4v) is 1.84. The first kappa shape index (κ1) is 9.78. The van der Waals surface area contributed by atoms with Crippen LogP contribution < -0.4 is 0 Å². The second-order valence-electron chi connectivity index (χ2n) is 5.30. The predicted octanol–water partition coefficient (Wildman–Crippen LogP) is 2.57. The highest BCUT2D eigenvalue weighted by Crippen LogP contribution is 2.29. The Labute approximate surface area is 85.9 Å². The lowest BCUT2D eigenvalue weighted by atomic mass is 9.93. The van der Waals surface area contributed by atoms with Gasteiger partial charge in [0.2, 0.25) is 0 Å². The number of hydrogen-bond acceptors (Lipinski definition) is 2. The summed E-state index contributed by atoms with van der Waals surface area (Å²) in [5, 5.41) is 0. The SMILES string of the molecule is CN1CCc2oc(C(C)(C)C)cc2C1. The zero-order valence-corrected chi connectivity index (χ0v) is 9.55. The van der Waals surface area contributed by atoms with Crippen LogP contribution in [0, 0.1) is 0 Å². The molecule has 1 aliphatic rings. The van der Waals surface area contributed by atoms with Gasteiger partial charge in [0.05, 0.1) is 0 Å². The van der Waals surface area contributed by atoms with Gasteiger partial charge in [-0.3, -0.25) is 0 Å². The van der Waals surface area contributed by atoms with Crippen LogP contribution in [-0.4, -0.2) is 18.5 Å². The molecule has 0 amide bonds. The van der Waals surface area contributed by atoms with Crippen molar-refractivity contribution in [1.82, 2.24) is 4.90 Å². The van der Waals surface area contributed by atoms with Crippen LogP contribution in [0.2, 0.25) is 0 Å². The Morgan fingerprint density at radius 3 is 2.71 bits per heavy atom. The maximum absolute atomic E-state index is 5.89. The molecule has 78 valence electrons. The van der Waals surface area contributed by atoms with E-state index in [1.54, 1.807) is 0 Å². The molecule has 2 heterocycles. The van der Waals surface area contributed by atoms with Crippen molar-refractivity contribution in [3.8, 4) is 0 Å². The molecule has 2 heteroatoms. The molecule has 0 fully saturated rings. The number of hydrogen-bond donors (Lipinski definition) is 0. The third-order valence-corrected chi connectivity index (χ3v) is 2.80. The summed E-state index contributed by atoms with van der Waals surface area (Å²) in [5.74, 6) is 2.32. The molecule has 14 heavy (non-hydrogen) atoms. The summed E-state index contributed by atoms with van der Waals surface area (Å²) in [6.07, 6.45) is 1.06. The van der Waals surface area contributed by atoms with Crippen molar-refractivity contribution in [2.24, 2.45) is 0 Å². The molecular weight excluding hydrogens is 174 g/mol. The van der Waals surface area contributed by atoms with E-state index in [2.05, 4.69) is 38.8 Å². The maximum atomic E-state index is 5.89. The lowest BCUT2D eigenvalue weighted by molar-refractivity contribution is 0.286. The summed E-state index contributed by atoms with van der Waals surface area (Å²) in [4.78, 5) is 2.34. The molecule has 2 nitrogen and oxygen atoms in total. The quantitative estimate of drug-likeness (QED) is 0.629. The molecule has 0 bridgehead atoms. The van der Waals surface area contributed by atoms with E-state index < -0.39 is 0 Å². The van der Waals surface area contributed by atoms with Crippen LogP contribution in [0.4, 0.5) is 0 Å². The minimum atomic E-state index is 0.135. The Kier molecular flexibility index (Phi) is 2.18. The zero-order chi connectivity index (χ0) is 10.3. The second kappa shape index (κ2) is 3.13. The van der Waals surface area contributed by atoms with Gasteiger partial charge in [0.15, 0.2) is 0 Å². The zero-order valence-electron chi connectivity index (χ0n) is 9.55. The molecule has 0 atom stereocenters. The van der Waals surface area contributed by atoms with Gasteiger partial charge in [0, 0.05) is 30.5 Å². The normalized spacial score (nSPS) is 18.3. The number of likely N-dealkylation sites (N-methyl/N-ethyl adjacent to an activating group) is 1. The van der Waals surface area contributed by atoms with Gasteiger partial charge in [-0.25, -0.2) is 0 Å². The number of fused-ring (bicyclic) bond motifs is 1. The molecule has 0 N–H and O–H groups in total. The van der Waals surface area contributed by atoms with Gasteiger partial charge in [0.25, 0.3) is 0 Å². The number of nitrogens with zero attached hydrogens (tertiary/aromatic N) is 1. The van der Waals surface area contributed by atoms with E-state index >= 15 is 0 Å². The summed E-state index contributed by atoms with van der Waals surface area (Å²) < 4.78 is 5.89. The van der Waals surface area contributed by atoms with Gasteiger partial charge >= 0.3 is 0 Å². The number of furan rings is 1. The molecule has 1 aromatic heterocycles. The molecular formula is C12H19NO. The highest BCUT2D eigenvalue weighted by atomic mass is 16.3. The molecule has 1 aromatic rings.